The fraction of sp³-hybridized carbons (Fsp3) is 0.615. The Morgan fingerprint density at radius 1 is 1.44 bits per heavy atom. The molecule has 0 saturated heterocycles. The van der Waals surface area contributed by atoms with E-state index in [4.69, 9.17) is 17.3 Å². The van der Waals surface area contributed by atoms with Gasteiger partial charge in [-0.25, -0.2) is 4.98 Å². The Morgan fingerprint density at radius 3 is 2.61 bits per heavy atom. The molecule has 1 aromatic rings. The molecule has 3 N–H and O–H groups in total. The maximum absolute atomic E-state index is 5.91. The van der Waals surface area contributed by atoms with Gasteiger partial charge in [-0.1, -0.05) is 25.4 Å². The van der Waals surface area contributed by atoms with Crippen molar-refractivity contribution in [3.63, 3.8) is 0 Å². The predicted molar refractivity (Wildman–Crippen MR) is 79.1 cm³/mol. The van der Waals surface area contributed by atoms with Gasteiger partial charge in [0.1, 0.15) is 5.82 Å². The molecule has 0 amide bonds. The molecule has 0 fully saturated rings. The summed E-state index contributed by atoms with van der Waals surface area (Å²) in [6.07, 6.45) is 2.68. The van der Waals surface area contributed by atoms with E-state index in [1.165, 1.54) is 0 Å². The van der Waals surface area contributed by atoms with Crippen LogP contribution in [-0.2, 0) is 0 Å². The molecule has 0 radical (unpaired) electrons. The van der Waals surface area contributed by atoms with Gasteiger partial charge in [-0.05, 0) is 32.5 Å². The number of rotatable bonds is 6. The van der Waals surface area contributed by atoms with Crippen molar-refractivity contribution >= 4 is 23.1 Å². The van der Waals surface area contributed by atoms with E-state index in [1.807, 2.05) is 0 Å². The van der Waals surface area contributed by atoms with Crippen LogP contribution in [0.2, 0.25) is 5.02 Å². The third-order valence-electron chi connectivity index (χ3n) is 2.57. The maximum atomic E-state index is 5.91. The van der Waals surface area contributed by atoms with Gasteiger partial charge in [0, 0.05) is 18.8 Å². The zero-order chi connectivity index (χ0) is 13.7. The van der Waals surface area contributed by atoms with Crippen LogP contribution in [0.15, 0.2) is 12.3 Å². The first-order valence-corrected chi connectivity index (χ1v) is 6.58. The van der Waals surface area contributed by atoms with Gasteiger partial charge in [0.2, 0.25) is 0 Å². The Hall–Kier alpha value is -1.00. The summed E-state index contributed by atoms with van der Waals surface area (Å²) in [5.74, 6) is 1.34. The third kappa shape index (κ3) is 5.10. The molecular weight excluding hydrogens is 248 g/mol. The van der Waals surface area contributed by atoms with Crippen molar-refractivity contribution < 1.29 is 0 Å². The molecule has 0 bridgehead atoms. The summed E-state index contributed by atoms with van der Waals surface area (Å²) in [7, 11) is 4.13. The number of likely N-dealkylation sites (N-methyl/N-ethyl adjacent to an activating group) is 1. The smallest absolute Gasteiger partial charge is 0.149 e. The normalized spacial score (nSPS) is 13.1. The molecule has 0 aliphatic rings. The van der Waals surface area contributed by atoms with E-state index in [1.54, 1.807) is 12.3 Å². The molecule has 0 aromatic carbocycles. The number of anilines is 2. The standard InChI is InChI=1S/C13H23ClN4/c1-9(2)5-11(8-18(3)4)17-13-12(15)6-10(14)7-16-13/h6-7,9,11H,5,8,15H2,1-4H3,(H,16,17). The minimum Gasteiger partial charge on any atom is -0.396 e. The van der Waals surface area contributed by atoms with Gasteiger partial charge in [-0.15, -0.1) is 0 Å². The van der Waals surface area contributed by atoms with Crippen molar-refractivity contribution in [1.29, 1.82) is 0 Å². The third-order valence-corrected chi connectivity index (χ3v) is 2.77. The topological polar surface area (TPSA) is 54.2 Å². The van der Waals surface area contributed by atoms with Gasteiger partial charge in [-0.3, -0.25) is 0 Å². The molecule has 0 aliphatic heterocycles. The van der Waals surface area contributed by atoms with Gasteiger partial charge in [0.15, 0.2) is 0 Å². The SMILES string of the molecule is CC(C)CC(CN(C)C)Nc1ncc(Cl)cc1N. The van der Waals surface area contributed by atoms with Crippen molar-refractivity contribution in [3.05, 3.63) is 17.3 Å². The van der Waals surface area contributed by atoms with Crippen LogP contribution in [-0.4, -0.2) is 36.6 Å². The second kappa shape index (κ2) is 6.81. The quantitative estimate of drug-likeness (QED) is 0.835. The molecule has 1 unspecified atom stereocenters. The van der Waals surface area contributed by atoms with Crippen LogP contribution >= 0.6 is 11.6 Å². The summed E-state index contributed by atoms with van der Waals surface area (Å²) >= 11 is 5.84. The van der Waals surface area contributed by atoms with Crippen molar-refractivity contribution in [2.75, 3.05) is 31.7 Å². The van der Waals surface area contributed by atoms with Crippen LogP contribution in [0.5, 0.6) is 0 Å². The summed E-state index contributed by atoms with van der Waals surface area (Å²) < 4.78 is 0. The highest BCUT2D eigenvalue weighted by atomic mass is 35.5. The summed E-state index contributed by atoms with van der Waals surface area (Å²) in [4.78, 5) is 6.40. The number of aromatic nitrogens is 1. The summed E-state index contributed by atoms with van der Waals surface area (Å²) in [5.41, 5.74) is 6.50. The highest BCUT2D eigenvalue weighted by Crippen LogP contribution is 2.21. The lowest BCUT2D eigenvalue weighted by Crippen LogP contribution is -2.34. The number of halogens is 1. The van der Waals surface area contributed by atoms with Crippen molar-refractivity contribution in [2.24, 2.45) is 5.92 Å². The molecule has 102 valence electrons. The van der Waals surface area contributed by atoms with Gasteiger partial charge < -0.3 is 16.0 Å². The molecule has 4 nitrogen and oxygen atoms in total. The molecule has 0 saturated carbocycles. The monoisotopic (exact) mass is 270 g/mol. The molecule has 1 atom stereocenters. The average molecular weight is 271 g/mol. The molecule has 18 heavy (non-hydrogen) atoms. The van der Waals surface area contributed by atoms with Gasteiger partial charge in [0.05, 0.1) is 10.7 Å². The number of pyridine rings is 1. The van der Waals surface area contributed by atoms with E-state index in [-0.39, 0.29) is 0 Å². The van der Waals surface area contributed by atoms with E-state index in [2.05, 4.69) is 43.1 Å². The van der Waals surface area contributed by atoms with E-state index in [0.717, 1.165) is 13.0 Å². The van der Waals surface area contributed by atoms with Crippen LogP contribution < -0.4 is 11.1 Å². The number of hydrogen-bond acceptors (Lipinski definition) is 4. The Morgan fingerprint density at radius 2 is 2.11 bits per heavy atom. The minimum atomic E-state index is 0.330. The molecular formula is C13H23ClN4. The number of hydrogen-bond donors (Lipinski definition) is 2. The van der Waals surface area contributed by atoms with Crippen molar-refractivity contribution in [1.82, 2.24) is 9.88 Å². The molecule has 1 heterocycles. The average Bonchev–Trinajstić information content (AvgIpc) is 2.20. The Labute approximate surface area is 115 Å². The second-order valence-corrected chi connectivity index (χ2v) is 5.76. The van der Waals surface area contributed by atoms with Crippen molar-refractivity contribution in [3.8, 4) is 0 Å². The highest BCUT2D eigenvalue weighted by Gasteiger charge is 2.14. The first kappa shape index (κ1) is 15.1. The Kier molecular flexibility index (Phi) is 5.69. The van der Waals surface area contributed by atoms with Gasteiger partial charge in [0.25, 0.3) is 0 Å². The molecule has 5 heteroatoms. The largest absolute Gasteiger partial charge is 0.396 e. The Balaban J connectivity index is 2.75. The zero-order valence-corrected chi connectivity index (χ0v) is 12.3. The van der Waals surface area contributed by atoms with Crippen LogP contribution in [0.4, 0.5) is 11.5 Å². The van der Waals surface area contributed by atoms with Crippen LogP contribution in [0.3, 0.4) is 0 Å². The maximum Gasteiger partial charge on any atom is 0.149 e. The van der Waals surface area contributed by atoms with E-state index >= 15 is 0 Å². The number of nitrogens with zero attached hydrogens (tertiary/aromatic N) is 2. The van der Waals surface area contributed by atoms with Crippen molar-refractivity contribution in [2.45, 2.75) is 26.3 Å². The van der Waals surface area contributed by atoms with E-state index < -0.39 is 0 Å². The number of nitrogens with two attached hydrogens (primary N) is 1. The summed E-state index contributed by atoms with van der Waals surface area (Å²) in [6, 6.07) is 2.05. The zero-order valence-electron chi connectivity index (χ0n) is 11.6. The van der Waals surface area contributed by atoms with Crippen LogP contribution in [0.1, 0.15) is 20.3 Å². The van der Waals surface area contributed by atoms with Gasteiger partial charge >= 0.3 is 0 Å². The first-order valence-electron chi connectivity index (χ1n) is 6.20. The number of nitrogens with one attached hydrogen (secondary N) is 1. The fourth-order valence-electron chi connectivity index (χ4n) is 1.96. The lowest BCUT2D eigenvalue weighted by Gasteiger charge is -2.25. The second-order valence-electron chi connectivity index (χ2n) is 5.32. The minimum absolute atomic E-state index is 0.330. The lowest BCUT2D eigenvalue weighted by atomic mass is 10.0. The Bertz CT molecular complexity index is 369. The summed E-state index contributed by atoms with van der Waals surface area (Å²) in [6.45, 7) is 5.37. The summed E-state index contributed by atoms with van der Waals surface area (Å²) in [5, 5.41) is 3.96. The van der Waals surface area contributed by atoms with E-state index in [9.17, 15) is 0 Å². The molecule has 0 spiro atoms. The van der Waals surface area contributed by atoms with Crippen LogP contribution in [0, 0.1) is 5.92 Å². The molecule has 1 rings (SSSR count). The lowest BCUT2D eigenvalue weighted by molar-refractivity contribution is 0.356. The predicted octanol–water partition coefficient (Wildman–Crippen LogP) is 2.71. The number of nitrogen functional groups attached to an aromatic ring is 1. The molecule has 0 aliphatic carbocycles. The molecule has 1 aromatic heterocycles. The van der Waals surface area contributed by atoms with E-state index in [0.29, 0.717) is 28.5 Å². The first-order chi connectivity index (χ1) is 8.38. The van der Waals surface area contributed by atoms with Crippen LogP contribution in [0.25, 0.3) is 0 Å². The van der Waals surface area contributed by atoms with Gasteiger partial charge in [-0.2, -0.15) is 0 Å². The fourth-order valence-corrected chi connectivity index (χ4v) is 2.12. The highest BCUT2D eigenvalue weighted by molar-refractivity contribution is 6.30.